The van der Waals surface area contributed by atoms with Crippen molar-refractivity contribution in [2.45, 2.75) is 13.8 Å². The summed E-state index contributed by atoms with van der Waals surface area (Å²) >= 11 is 0. The molecule has 0 aromatic heterocycles. The third kappa shape index (κ3) is 1.82. The Bertz CT molecular complexity index is 296. The third-order valence-corrected chi connectivity index (χ3v) is 1.75. The van der Waals surface area contributed by atoms with Crippen LogP contribution in [0.5, 0.6) is 0 Å². The van der Waals surface area contributed by atoms with Gasteiger partial charge in [0.2, 0.25) is 0 Å². The van der Waals surface area contributed by atoms with Gasteiger partial charge in [-0.2, -0.15) is 0 Å². The lowest BCUT2D eigenvalue weighted by Crippen LogP contribution is -1.94. The summed E-state index contributed by atoms with van der Waals surface area (Å²) in [6, 6.07) is 9.69. The highest BCUT2D eigenvalue weighted by molar-refractivity contribution is 6.19. The smallest absolute Gasteiger partial charge is 0.160 e. The maximum atomic E-state index is 11.1. The van der Waals surface area contributed by atoms with Crippen molar-refractivity contribution in [1.82, 2.24) is 0 Å². The second-order valence-corrected chi connectivity index (χ2v) is 2.62. The van der Waals surface area contributed by atoms with Gasteiger partial charge < -0.3 is 0 Å². The molecule has 0 atom stereocenters. The molecular formula is C11H12O. The van der Waals surface area contributed by atoms with Crippen molar-refractivity contribution in [2.75, 3.05) is 0 Å². The quantitative estimate of drug-likeness (QED) is 0.608. The molecule has 0 radical (unpaired) electrons. The second kappa shape index (κ2) is 3.86. The Hall–Kier alpha value is -1.37. The zero-order valence-corrected chi connectivity index (χ0v) is 7.37. The Morgan fingerprint density at radius 2 is 1.83 bits per heavy atom. The Morgan fingerprint density at radius 1 is 1.25 bits per heavy atom. The first-order valence-corrected chi connectivity index (χ1v) is 3.98. The van der Waals surface area contributed by atoms with Crippen molar-refractivity contribution < 1.29 is 4.79 Å². The van der Waals surface area contributed by atoms with Gasteiger partial charge in [0.25, 0.3) is 0 Å². The van der Waals surface area contributed by atoms with E-state index in [0.29, 0.717) is 0 Å². The van der Waals surface area contributed by atoms with E-state index in [4.69, 9.17) is 0 Å². The summed E-state index contributed by atoms with van der Waals surface area (Å²) in [5, 5.41) is 0. The van der Waals surface area contributed by atoms with Crippen LogP contribution in [0.4, 0.5) is 0 Å². The molecule has 0 aliphatic heterocycles. The molecule has 0 spiro atoms. The lowest BCUT2D eigenvalue weighted by Gasteiger charge is -2.01. The summed E-state index contributed by atoms with van der Waals surface area (Å²) in [5.41, 5.74) is 1.78. The predicted molar refractivity (Wildman–Crippen MR) is 50.8 cm³/mol. The lowest BCUT2D eigenvalue weighted by molar-refractivity contribution is -0.111. The molecule has 0 unspecified atom stereocenters. The molecule has 1 heteroatoms. The van der Waals surface area contributed by atoms with Crippen LogP contribution in [0.2, 0.25) is 0 Å². The van der Waals surface area contributed by atoms with E-state index < -0.39 is 0 Å². The number of benzene rings is 1. The van der Waals surface area contributed by atoms with Crippen LogP contribution in [-0.4, -0.2) is 5.78 Å². The lowest BCUT2D eigenvalue weighted by atomic mass is 10.0. The molecular weight excluding hydrogens is 148 g/mol. The fourth-order valence-electron chi connectivity index (χ4n) is 1.19. The number of rotatable bonds is 2. The minimum Gasteiger partial charge on any atom is -0.295 e. The molecule has 1 rings (SSSR count). The maximum Gasteiger partial charge on any atom is 0.160 e. The van der Waals surface area contributed by atoms with E-state index in [1.54, 1.807) is 6.92 Å². The molecule has 0 aliphatic rings. The highest BCUT2D eigenvalue weighted by Gasteiger charge is 2.03. The minimum atomic E-state index is 0.115. The molecule has 0 heterocycles. The second-order valence-electron chi connectivity index (χ2n) is 2.62. The number of hydrogen-bond acceptors (Lipinski definition) is 1. The summed E-state index contributed by atoms with van der Waals surface area (Å²) in [4.78, 5) is 11.1. The van der Waals surface area contributed by atoms with Crippen LogP contribution in [0, 0.1) is 0 Å². The first-order valence-electron chi connectivity index (χ1n) is 3.98. The number of carbonyl (C=O) groups excluding carboxylic acids is 1. The first kappa shape index (κ1) is 8.72. The molecule has 62 valence electrons. The monoisotopic (exact) mass is 160 g/mol. The van der Waals surface area contributed by atoms with Crippen molar-refractivity contribution in [3.8, 4) is 0 Å². The predicted octanol–water partition coefficient (Wildman–Crippen LogP) is 2.68. The third-order valence-electron chi connectivity index (χ3n) is 1.75. The fraction of sp³-hybridized carbons (Fsp3) is 0.182. The average molecular weight is 160 g/mol. The summed E-state index contributed by atoms with van der Waals surface area (Å²) in [5.74, 6) is 0.115. The molecule has 0 N–H and O–H groups in total. The van der Waals surface area contributed by atoms with Gasteiger partial charge in [-0.05, 0) is 19.4 Å². The summed E-state index contributed by atoms with van der Waals surface area (Å²) < 4.78 is 0. The van der Waals surface area contributed by atoms with Crippen LogP contribution in [0.3, 0.4) is 0 Å². The van der Waals surface area contributed by atoms with E-state index >= 15 is 0 Å². The van der Waals surface area contributed by atoms with Gasteiger partial charge >= 0.3 is 0 Å². The van der Waals surface area contributed by atoms with Gasteiger partial charge in [0.15, 0.2) is 5.78 Å². The van der Waals surface area contributed by atoms with E-state index in [9.17, 15) is 4.79 Å². The van der Waals surface area contributed by atoms with Crippen LogP contribution in [0.25, 0.3) is 5.57 Å². The van der Waals surface area contributed by atoms with Crippen LogP contribution in [0.1, 0.15) is 19.4 Å². The van der Waals surface area contributed by atoms with Gasteiger partial charge in [-0.15, -0.1) is 0 Å². The molecule has 0 amide bonds. The van der Waals surface area contributed by atoms with Crippen LogP contribution >= 0.6 is 0 Å². The Balaban J connectivity index is 3.05. The van der Waals surface area contributed by atoms with Crippen LogP contribution in [0.15, 0.2) is 36.4 Å². The van der Waals surface area contributed by atoms with Gasteiger partial charge in [0, 0.05) is 5.57 Å². The van der Waals surface area contributed by atoms with Crippen molar-refractivity contribution in [3.05, 3.63) is 42.0 Å². The number of ketones is 1. The van der Waals surface area contributed by atoms with Gasteiger partial charge in [0.05, 0.1) is 0 Å². The first-order chi connectivity index (χ1) is 5.75. The molecule has 0 bridgehead atoms. The van der Waals surface area contributed by atoms with Crippen LogP contribution in [-0.2, 0) is 4.79 Å². The van der Waals surface area contributed by atoms with Crippen molar-refractivity contribution in [1.29, 1.82) is 0 Å². The molecule has 0 saturated carbocycles. The van der Waals surface area contributed by atoms with Gasteiger partial charge in [-0.3, -0.25) is 4.79 Å². The van der Waals surface area contributed by atoms with E-state index in [0.717, 1.165) is 11.1 Å². The van der Waals surface area contributed by atoms with E-state index in [1.807, 2.05) is 43.3 Å². The average Bonchev–Trinajstić information content (AvgIpc) is 2.07. The molecule has 0 saturated heterocycles. The molecule has 1 nitrogen and oxygen atoms in total. The normalized spacial score (nSPS) is 11.3. The zero-order valence-electron chi connectivity index (χ0n) is 7.37. The largest absolute Gasteiger partial charge is 0.295 e. The van der Waals surface area contributed by atoms with E-state index in [2.05, 4.69) is 0 Å². The number of allylic oxidation sites excluding steroid dienone is 2. The van der Waals surface area contributed by atoms with Gasteiger partial charge in [-0.1, -0.05) is 36.4 Å². The summed E-state index contributed by atoms with van der Waals surface area (Å²) in [6.45, 7) is 3.46. The SMILES string of the molecule is C/C=C(/C(C)=O)c1ccccc1. The summed E-state index contributed by atoms with van der Waals surface area (Å²) in [6.07, 6.45) is 1.84. The number of hydrogen-bond donors (Lipinski definition) is 0. The maximum absolute atomic E-state index is 11.1. The Labute approximate surface area is 72.7 Å². The highest BCUT2D eigenvalue weighted by atomic mass is 16.1. The Kier molecular flexibility index (Phi) is 2.81. The van der Waals surface area contributed by atoms with Crippen molar-refractivity contribution in [3.63, 3.8) is 0 Å². The van der Waals surface area contributed by atoms with E-state index in [1.165, 1.54) is 0 Å². The van der Waals surface area contributed by atoms with Crippen molar-refractivity contribution >= 4 is 11.4 Å². The molecule has 0 fully saturated rings. The highest BCUT2D eigenvalue weighted by Crippen LogP contribution is 2.13. The van der Waals surface area contributed by atoms with E-state index in [-0.39, 0.29) is 5.78 Å². The molecule has 1 aromatic carbocycles. The molecule has 1 aromatic rings. The van der Waals surface area contributed by atoms with Crippen molar-refractivity contribution in [2.24, 2.45) is 0 Å². The minimum absolute atomic E-state index is 0.115. The molecule has 0 aliphatic carbocycles. The van der Waals surface area contributed by atoms with Gasteiger partial charge in [-0.25, -0.2) is 0 Å². The van der Waals surface area contributed by atoms with Crippen LogP contribution < -0.4 is 0 Å². The standard InChI is InChI=1S/C11H12O/c1-3-11(9(2)12)10-7-5-4-6-8-10/h3-8H,1-2H3/b11-3-. The number of Topliss-reactive ketones (excluding diaryl/α,β-unsaturated/α-hetero) is 1. The Morgan fingerprint density at radius 3 is 2.25 bits per heavy atom. The zero-order chi connectivity index (χ0) is 8.97. The molecule has 12 heavy (non-hydrogen) atoms. The summed E-state index contributed by atoms with van der Waals surface area (Å²) in [7, 11) is 0. The topological polar surface area (TPSA) is 17.1 Å². The fourth-order valence-corrected chi connectivity index (χ4v) is 1.19. The number of carbonyl (C=O) groups is 1. The van der Waals surface area contributed by atoms with Gasteiger partial charge in [0.1, 0.15) is 0 Å².